The number of rotatable bonds is 23. The van der Waals surface area contributed by atoms with Crippen molar-refractivity contribution in [1.29, 1.82) is 0 Å². The van der Waals surface area contributed by atoms with Crippen molar-refractivity contribution >= 4 is 63.4 Å². The number of hydrogen-bond donors (Lipinski definition) is 16. The number of aliphatic carboxylic acids is 4. The predicted octanol–water partition coefficient (Wildman–Crippen LogP) is -11.3. The number of aliphatic hydroxyl groups is 3. The third kappa shape index (κ3) is 117. The van der Waals surface area contributed by atoms with Gasteiger partial charge in [0.15, 0.2) is 0 Å². The lowest BCUT2D eigenvalue weighted by molar-refractivity contribution is -0.870. The van der Waals surface area contributed by atoms with E-state index >= 15 is 0 Å². The second-order valence-electron chi connectivity index (χ2n) is 15.8. The Morgan fingerprint density at radius 3 is 0.928 bits per heavy atom. The number of quaternary nitrogens is 3. The number of primary amides is 1. The molecule has 1 amide bonds. The summed E-state index contributed by atoms with van der Waals surface area (Å²) in [5.74, 6) is -6.57. The highest BCUT2D eigenvalue weighted by atomic mass is 32.2. The van der Waals surface area contributed by atoms with Gasteiger partial charge in [-0.3, -0.25) is 27.7 Å². The molecule has 0 aliphatic carbocycles. The topological polar surface area (TPSA) is 620 Å². The summed E-state index contributed by atoms with van der Waals surface area (Å²) in [5.41, 5.74) is 23.5. The highest BCUT2D eigenvalue weighted by molar-refractivity contribution is 7.85. The van der Waals surface area contributed by atoms with Crippen molar-refractivity contribution in [2.45, 2.75) is 31.0 Å². The largest absolute Gasteiger partial charge is 0.549 e. The van der Waals surface area contributed by atoms with E-state index in [1.807, 2.05) is 63.4 Å². The van der Waals surface area contributed by atoms with Crippen molar-refractivity contribution in [1.82, 2.24) is 0 Å². The highest BCUT2D eigenvalue weighted by Crippen LogP contribution is 2.36. The van der Waals surface area contributed by atoms with Crippen molar-refractivity contribution in [3.63, 3.8) is 0 Å². The van der Waals surface area contributed by atoms with Gasteiger partial charge in [-0.05, 0) is 0 Å². The molecule has 0 aromatic heterocycles. The molecule has 69 heavy (non-hydrogen) atoms. The van der Waals surface area contributed by atoms with Gasteiger partial charge < -0.3 is 122 Å². The van der Waals surface area contributed by atoms with Crippen LogP contribution in [0.4, 0.5) is 0 Å². The number of amides is 1. The zero-order chi connectivity index (χ0) is 57.4. The van der Waals surface area contributed by atoms with Crippen LogP contribution in [0.15, 0.2) is 0 Å². The molecule has 0 radical (unpaired) electrons. The first kappa shape index (κ1) is 83.1. The summed E-state index contributed by atoms with van der Waals surface area (Å²) in [4.78, 5) is 98.1. The Morgan fingerprint density at radius 1 is 0.609 bits per heavy atom. The number of carboxylic acids is 4. The summed E-state index contributed by atoms with van der Waals surface area (Å²) < 4.78 is 72.5. The van der Waals surface area contributed by atoms with Crippen LogP contribution in [0.3, 0.4) is 0 Å². The van der Waals surface area contributed by atoms with E-state index in [2.05, 4.69) is 25.0 Å². The number of carbonyl (C=O) groups is 5. The second-order valence-corrected chi connectivity index (χ2v) is 21.1. The maximum atomic E-state index is 10.2. The molecule has 0 spiro atoms. The molecular weight excluding hydrogens is 1030 g/mol. The van der Waals surface area contributed by atoms with Crippen LogP contribution in [0, 0.1) is 0 Å². The fourth-order valence-corrected chi connectivity index (χ4v) is 3.34. The molecule has 0 aromatic rings. The molecule has 0 rings (SSSR count). The second kappa shape index (κ2) is 42.8. The van der Waals surface area contributed by atoms with E-state index in [0.29, 0.717) is 33.1 Å². The van der Waals surface area contributed by atoms with Crippen LogP contribution in [0.2, 0.25) is 0 Å². The fraction of sp³-hybridized carbons (Fsp3) is 0.833. The first-order valence-corrected chi connectivity index (χ1v) is 24.9. The van der Waals surface area contributed by atoms with Crippen LogP contribution < -0.4 is 44.0 Å². The van der Waals surface area contributed by atoms with E-state index < -0.39 is 88.0 Å². The number of phosphoric ester groups is 3. The molecule has 21 N–H and O–H groups in total. The molecule has 0 aromatic carbocycles. The van der Waals surface area contributed by atoms with Crippen molar-refractivity contribution in [3.8, 4) is 0 Å². The molecule has 39 heteroatoms. The maximum Gasteiger partial charge on any atom is 0.469 e. The zero-order valence-corrected chi connectivity index (χ0v) is 43.4. The van der Waals surface area contributed by atoms with Crippen molar-refractivity contribution < 1.29 is 143 Å². The number of aliphatic hydroxyl groups excluding tert-OH is 3. The molecule has 420 valence electrons. The molecule has 35 nitrogen and oxygen atoms in total. The predicted molar refractivity (Wildman–Crippen MR) is 234 cm³/mol. The monoisotopic (exact) mass is 1110 g/mol. The minimum atomic E-state index is -4.26. The van der Waals surface area contributed by atoms with Crippen LogP contribution in [0.5, 0.6) is 0 Å². The van der Waals surface area contributed by atoms with Gasteiger partial charge in [-0.1, -0.05) is 0 Å². The van der Waals surface area contributed by atoms with Gasteiger partial charge in [-0.2, -0.15) is 8.42 Å². The summed E-state index contributed by atoms with van der Waals surface area (Å²) in [7, 11) is 0.693. The Bertz CT molecular complexity index is 1500. The number of nitrogens with zero attached hydrogens (tertiary/aromatic N) is 3. The van der Waals surface area contributed by atoms with E-state index in [1.54, 1.807) is 0 Å². The van der Waals surface area contributed by atoms with Crippen molar-refractivity contribution in [2.24, 2.45) is 28.7 Å². The fourth-order valence-electron chi connectivity index (χ4n) is 2.08. The SMILES string of the molecule is C[N+](C)(C)CCOP(=O)(O)O.C[N+](C)(C)CCOP(=O)(O)O.C[N+](C)(C)CCOP(=O)(O)O.NC(=O)C[C@H](N)C(=O)[O-].NCC(=O)[O-].NCCS(=O)(=O)O.N[C@@H](CC(=O)O)C(=O)[O-].OCC(O)CO. The first-order chi connectivity index (χ1) is 30.3. The molecule has 0 fully saturated rings. The van der Waals surface area contributed by atoms with Gasteiger partial charge in [0.1, 0.15) is 45.6 Å². The quantitative estimate of drug-likeness (QED) is 0.0257. The molecular formula is C30H77N8O27P3S. The molecule has 0 saturated carbocycles. The van der Waals surface area contributed by atoms with Gasteiger partial charge in [0.2, 0.25) is 5.91 Å². The summed E-state index contributed by atoms with van der Waals surface area (Å²) in [6, 6.07) is -2.68. The average molecular weight is 1110 g/mol. The van der Waals surface area contributed by atoms with Gasteiger partial charge in [-0.15, -0.1) is 0 Å². The lowest BCUT2D eigenvalue weighted by Crippen LogP contribution is -2.44. The number of hydrogen-bond acceptors (Lipinski definition) is 23. The normalized spacial score (nSPS) is 12.3. The maximum absolute atomic E-state index is 10.2. The number of carbonyl (C=O) groups excluding carboxylic acids is 4. The number of phosphoric acid groups is 3. The molecule has 0 aliphatic heterocycles. The van der Waals surface area contributed by atoms with Gasteiger partial charge in [-0.25, -0.2) is 13.7 Å². The summed E-state index contributed by atoms with van der Waals surface area (Å²) >= 11 is 0. The minimum absolute atomic E-state index is 0.0289. The first-order valence-electron chi connectivity index (χ1n) is 18.7. The van der Waals surface area contributed by atoms with E-state index in [-0.39, 0.29) is 58.3 Å². The van der Waals surface area contributed by atoms with E-state index in [9.17, 15) is 51.5 Å². The summed E-state index contributed by atoms with van der Waals surface area (Å²) in [6.45, 7) is 0.808. The molecule has 0 unspecified atom stereocenters. The van der Waals surface area contributed by atoms with E-state index in [0.717, 1.165) is 0 Å². The van der Waals surface area contributed by atoms with E-state index in [1.165, 1.54) is 0 Å². The van der Waals surface area contributed by atoms with Crippen molar-refractivity contribution in [2.75, 3.05) is 135 Å². The number of nitrogens with two attached hydrogens (primary N) is 5. The van der Waals surface area contributed by atoms with Gasteiger partial charge in [0, 0.05) is 19.5 Å². The Balaban J connectivity index is -0.000000104. The van der Waals surface area contributed by atoms with Gasteiger partial charge in [0.05, 0.1) is 119 Å². The minimum Gasteiger partial charge on any atom is -0.549 e. The number of likely N-dealkylation sites (N-methyl/N-ethyl adjacent to an activating group) is 3. The lowest BCUT2D eigenvalue weighted by Gasteiger charge is -2.23. The smallest absolute Gasteiger partial charge is 0.469 e. The van der Waals surface area contributed by atoms with Crippen LogP contribution in [-0.2, 0) is 61.4 Å². The van der Waals surface area contributed by atoms with Crippen LogP contribution >= 0.6 is 23.5 Å². The summed E-state index contributed by atoms with van der Waals surface area (Å²) in [6.07, 6.45) is -1.92. The highest BCUT2D eigenvalue weighted by Gasteiger charge is 2.18. The molecule has 0 aliphatic rings. The molecule has 0 saturated heterocycles. The average Bonchev–Trinajstić information content (AvgIpc) is 3.08. The van der Waals surface area contributed by atoms with Crippen LogP contribution in [0.1, 0.15) is 12.8 Å². The Hall–Kier alpha value is -2.81. The lowest BCUT2D eigenvalue weighted by atomic mass is 10.2. The Labute approximate surface area is 400 Å². The zero-order valence-electron chi connectivity index (χ0n) is 39.9. The molecule has 0 bridgehead atoms. The Morgan fingerprint density at radius 2 is 0.855 bits per heavy atom. The van der Waals surface area contributed by atoms with Crippen LogP contribution in [0.25, 0.3) is 0 Å². The third-order valence-electron chi connectivity index (χ3n) is 5.45. The summed E-state index contributed by atoms with van der Waals surface area (Å²) in [5, 5.41) is 60.6. The molecule has 2 atom stereocenters. The number of carboxylic acid groups (broad SMARTS) is 4. The van der Waals surface area contributed by atoms with Gasteiger partial charge in [0.25, 0.3) is 10.1 Å². The third-order valence-corrected chi connectivity index (χ3v) is 7.76. The van der Waals surface area contributed by atoms with E-state index in [4.69, 9.17) is 81.4 Å². The van der Waals surface area contributed by atoms with Gasteiger partial charge >= 0.3 is 29.4 Å². The van der Waals surface area contributed by atoms with Crippen molar-refractivity contribution in [3.05, 3.63) is 0 Å². The standard InChI is InChI=1S/3C5H14NO4P.C4H8N2O3.C4H7NO4.C3H8O3.C2H7NO3S.C2H5NO2/c3*1-6(2,3)4-5-10-11(7,8)9;2*5-2(4(8)9)1-3(6)7;4-1-3(6)2-5;3-1-2-7(4,5)6;3-1-2(4)5/h3*4-5H2,1-3H3,(H-,7,8,9);2H,1,5H2,(H2,6,7)(H,8,9);2H,1,5H2,(H,6,7)(H,8,9);3-6H,1-2H2;1-3H2,(H,4,5,6);1,3H2,(H,4,5)/t;;;2*2-;;;/m...00.../s1. The van der Waals surface area contributed by atoms with Crippen LogP contribution in [-0.4, -0.2) is 259 Å². The Kier molecular flexibility index (Phi) is 51.6. The molecule has 0 heterocycles.